The van der Waals surface area contributed by atoms with Gasteiger partial charge in [0.2, 0.25) is 11.8 Å². The molecule has 0 unspecified atom stereocenters. The molecule has 238 valence electrons. The van der Waals surface area contributed by atoms with Gasteiger partial charge in [-0.2, -0.15) is 5.10 Å². The highest BCUT2D eigenvalue weighted by molar-refractivity contribution is 5.94. The maximum absolute atomic E-state index is 13.8. The van der Waals surface area contributed by atoms with Gasteiger partial charge in [-0.25, -0.2) is 14.5 Å². The molecule has 3 aliphatic rings. The van der Waals surface area contributed by atoms with Crippen molar-refractivity contribution in [2.75, 3.05) is 20.7 Å². The third-order valence-corrected chi connectivity index (χ3v) is 9.65. The number of aryl methyl sites for hydroxylation is 3. The molecule has 2 saturated carbocycles. The van der Waals surface area contributed by atoms with Crippen LogP contribution in [0, 0.1) is 38.5 Å². The lowest BCUT2D eigenvalue weighted by Crippen LogP contribution is -2.49. The zero-order valence-corrected chi connectivity index (χ0v) is 26.5. The van der Waals surface area contributed by atoms with Crippen molar-refractivity contribution in [2.45, 2.75) is 70.9 Å². The fraction of sp³-hybridized carbons (Fsp3) is 0.500. The summed E-state index contributed by atoms with van der Waals surface area (Å²) in [5.74, 6) is -1.34. The standard InChI is InChI=1S/C34H41N5O6/c1-19-14-20(2)39(37-19)29-17-28(24-11-12-27(44-5)21(3)30(24)35-29)45-23-15-25-26(16-23)32(41)38(4)13-9-7-6-8-10-22-18-34(22,33(42)43)36-31(25)40/h8,10-12,14,17,22-23,25-26H,6-7,9,13,15-16,18H2,1-5H3,(H,36,40)(H,42,43)/b10-8-/t22-,23+,25+,26+,34+/m0/s1. The first-order valence-electron chi connectivity index (χ1n) is 15.7. The van der Waals surface area contributed by atoms with Crippen LogP contribution in [0.4, 0.5) is 0 Å². The Bertz CT molecular complexity index is 1700. The molecule has 2 aliphatic carbocycles. The van der Waals surface area contributed by atoms with E-state index in [4.69, 9.17) is 14.5 Å². The average molecular weight is 616 g/mol. The summed E-state index contributed by atoms with van der Waals surface area (Å²) in [5.41, 5.74) is 2.00. The summed E-state index contributed by atoms with van der Waals surface area (Å²) in [5, 5.41) is 18.3. The van der Waals surface area contributed by atoms with Crippen LogP contribution < -0.4 is 14.8 Å². The number of carbonyl (C=O) groups is 3. The first-order chi connectivity index (χ1) is 21.5. The topological polar surface area (TPSA) is 136 Å². The van der Waals surface area contributed by atoms with Crippen molar-refractivity contribution in [3.05, 3.63) is 53.4 Å². The summed E-state index contributed by atoms with van der Waals surface area (Å²) in [7, 11) is 3.39. The van der Waals surface area contributed by atoms with Crippen LogP contribution in [0.5, 0.6) is 11.5 Å². The zero-order chi connectivity index (χ0) is 32.0. The molecule has 3 aromatic rings. The number of carbonyl (C=O) groups excluding carboxylic acids is 2. The Morgan fingerprint density at radius 3 is 2.58 bits per heavy atom. The predicted octanol–water partition coefficient (Wildman–Crippen LogP) is 4.29. The number of hydrogen-bond acceptors (Lipinski definition) is 7. The molecule has 45 heavy (non-hydrogen) atoms. The van der Waals surface area contributed by atoms with Crippen molar-refractivity contribution in [2.24, 2.45) is 17.8 Å². The summed E-state index contributed by atoms with van der Waals surface area (Å²) in [6.07, 6.45) is 6.92. The van der Waals surface area contributed by atoms with Crippen molar-refractivity contribution >= 4 is 28.7 Å². The Morgan fingerprint density at radius 2 is 1.87 bits per heavy atom. The summed E-state index contributed by atoms with van der Waals surface area (Å²) in [6, 6.07) is 7.60. The predicted molar refractivity (Wildman–Crippen MR) is 168 cm³/mol. The molecule has 2 aromatic heterocycles. The molecule has 2 amide bonds. The van der Waals surface area contributed by atoms with E-state index < -0.39 is 35.4 Å². The molecular formula is C34H41N5O6. The van der Waals surface area contributed by atoms with Gasteiger partial charge < -0.3 is 24.8 Å². The zero-order valence-electron chi connectivity index (χ0n) is 26.5. The number of nitrogens with zero attached hydrogens (tertiary/aromatic N) is 4. The van der Waals surface area contributed by atoms with Crippen LogP contribution in [-0.2, 0) is 14.4 Å². The maximum Gasteiger partial charge on any atom is 0.330 e. The van der Waals surface area contributed by atoms with Gasteiger partial charge in [-0.05, 0) is 77.5 Å². The average Bonchev–Trinajstić information content (AvgIpc) is 3.35. The highest BCUT2D eigenvalue weighted by Crippen LogP contribution is 2.47. The van der Waals surface area contributed by atoms with Gasteiger partial charge in [0.15, 0.2) is 5.82 Å². The summed E-state index contributed by atoms with van der Waals surface area (Å²) < 4.78 is 14.0. The monoisotopic (exact) mass is 615 g/mol. The molecule has 6 rings (SSSR count). The molecule has 0 spiro atoms. The molecular weight excluding hydrogens is 574 g/mol. The van der Waals surface area contributed by atoms with E-state index in [1.54, 1.807) is 23.7 Å². The van der Waals surface area contributed by atoms with Crippen molar-refractivity contribution in [3.8, 4) is 17.3 Å². The summed E-state index contributed by atoms with van der Waals surface area (Å²) >= 11 is 0. The second-order valence-corrected chi connectivity index (χ2v) is 12.8. The summed E-state index contributed by atoms with van der Waals surface area (Å²) in [6.45, 7) is 6.42. The quantitative estimate of drug-likeness (QED) is 0.406. The van der Waals surface area contributed by atoms with Crippen molar-refractivity contribution in [3.63, 3.8) is 0 Å². The minimum Gasteiger partial charge on any atom is -0.496 e. The largest absolute Gasteiger partial charge is 0.496 e. The maximum atomic E-state index is 13.8. The lowest BCUT2D eigenvalue weighted by molar-refractivity contribution is -0.145. The molecule has 11 nitrogen and oxygen atoms in total. The van der Waals surface area contributed by atoms with E-state index in [2.05, 4.69) is 10.4 Å². The fourth-order valence-corrected chi connectivity index (χ4v) is 7.02. The Hall–Kier alpha value is -4.41. The second kappa shape index (κ2) is 11.8. The first-order valence-corrected chi connectivity index (χ1v) is 15.7. The number of allylic oxidation sites excluding steroid dienone is 1. The number of ether oxygens (including phenoxy) is 2. The number of nitrogens with one attached hydrogen (secondary N) is 1. The van der Waals surface area contributed by atoms with Gasteiger partial charge in [0, 0.05) is 42.2 Å². The number of amides is 2. The lowest BCUT2D eigenvalue weighted by atomic mass is 9.93. The lowest BCUT2D eigenvalue weighted by Gasteiger charge is -2.26. The van der Waals surface area contributed by atoms with E-state index in [1.807, 2.05) is 57.2 Å². The number of methoxy groups -OCH3 is 1. The van der Waals surface area contributed by atoms with E-state index in [0.29, 0.717) is 42.2 Å². The number of aliphatic carboxylic acids is 1. The third kappa shape index (κ3) is 5.64. The molecule has 11 heteroatoms. The van der Waals surface area contributed by atoms with Gasteiger partial charge in [-0.1, -0.05) is 12.2 Å². The number of fused-ring (bicyclic) bond motifs is 3. The molecule has 0 radical (unpaired) electrons. The third-order valence-electron chi connectivity index (χ3n) is 9.65. The van der Waals surface area contributed by atoms with Crippen LogP contribution in [0.1, 0.15) is 55.5 Å². The number of aromatic nitrogens is 3. The highest BCUT2D eigenvalue weighted by atomic mass is 16.5. The summed E-state index contributed by atoms with van der Waals surface area (Å²) in [4.78, 5) is 46.5. The molecule has 1 aliphatic heterocycles. The van der Waals surface area contributed by atoms with Crippen molar-refractivity contribution in [1.29, 1.82) is 0 Å². The van der Waals surface area contributed by atoms with Crippen LogP contribution in [0.25, 0.3) is 16.7 Å². The van der Waals surface area contributed by atoms with E-state index in [0.717, 1.165) is 41.6 Å². The van der Waals surface area contributed by atoms with Gasteiger partial charge >= 0.3 is 5.97 Å². The molecule has 2 N–H and O–H groups in total. The van der Waals surface area contributed by atoms with Crippen LogP contribution in [-0.4, -0.2) is 74.9 Å². The molecule has 3 heterocycles. The van der Waals surface area contributed by atoms with Crippen LogP contribution in [0.15, 0.2) is 36.4 Å². The Morgan fingerprint density at radius 1 is 1.09 bits per heavy atom. The van der Waals surface area contributed by atoms with E-state index >= 15 is 0 Å². The van der Waals surface area contributed by atoms with E-state index in [-0.39, 0.29) is 18.2 Å². The van der Waals surface area contributed by atoms with Gasteiger partial charge in [-0.15, -0.1) is 0 Å². The minimum absolute atomic E-state index is 0.117. The van der Waals surface area contributed by atoms with E-state index in [1.165, 1.54) is 0 Å². The molecule has 0 saturated heterocycles. The minimum atomic E-state index is -1.33. The molecule has 2 fully saturated rings. The van der Waals surface area contributed by atoms with Gasteiger partial charge in [0.25, 0.3) is 0 Å². The van der Waals surface area contributed by atoms with Crippen LogP contribution in [0.2, 0.25) is 0 Å². The Kier molecular flexibility index (Phi) is 8.05. The number of carboxylic acids is 1. The molecule has 5 atom stereocenters. The molecule has 0 bridgehead atoms. The number of benzene rings is 1. The van der Waals surface area contributed by atoms with E-state index in [9.17, 15) is 19.5 Å². The smallest absolute Gasteiger partial charge is 0.330 e. The van der Waals surface area contributed by atoms with Crippen LogP contribution in [0.3, 0.4) is 0 Å². The number of hydrogen-bond donors (Lipinski definition) is 2. The number of pyridine rings is 1. The van der Waals surface area contributed by atoms with Crippen molar-refractivity contribution in [1.82, 2.24) is 25.0 Å². The van der Waals surface area contributed by atoms with Crippen LogP contribution >= 0.6 is 0 Å². The normalized spacial score (nSPS) is 27.7. The highest BCUT2D eigenvalue weighted by Gasteiger charge is 2.61. The number of rotatable bonds is 5. The van der Waals surface area contributed by atoms with Gasteiger partial charge in [-0.3, -0.25) is 9.59 Å². The fourth-order valence-electron chi connectivity index (χ4n) is 7.02. The SMILES string of the molecule is COc1ccc2c(O[C@@H]3C[C@H]4C(=O)N[C@]5(C(=O)O)C[C@@H]5/C=C\CCCCN(C)C(=O)[C@@H]4C3)cc(-n3nc(C)cc3C)nc2c1C. The second-order valence-electron chi connectivity index (χ2n) is 12.8. The van der Waals surface area contributed by atoms with Crippen molar-refractivity contribution < 1.29 is 29.0 Å². The van der Waals surface area contributed by atoms with Gasteiger partial charge in [0.05, 0.1) is 30.2 Å². The molecule has 1 aromatic carbocycles. The number of carboxylic acid groups (broad SMARTS) is 1. The Balaban J connectivity index is 1.36. The Labute approximate surface area is 262 Å². The van der Waals surface area contributed by atoms with Gasteiger partial charge in [0.1, 0.15) is 23.1 Å². The first kappa shape index (κ1) is 30.6.